The third-order valence-corrected chi connectivity index (χ3v) is 3.84. The standard InChI is InChI=1S/C21H25NO6/c1-16(22-21(25)28-14-18-10-6-3-7-11-18)20(24)27-15-19(12-23)26-13-17-8-4-2-5-9-17/h2-11,16,19,23H,12-15H2,1H3,(H,22,25)/t16-,19+/m0/s1. The van der Waals surface area contributed by atoms with Gasteiger partial charge in [0.05, 0.1) is 13.2 Å². The SMILES string of the molecule is C[C@H](NC(=O)OCc1ccccc1)C(=O)OC[C@@H](CO)OCc1ccccc1. The fraction of sp³-hybridized carbons (Fsp3) is 0.333. The highest BCUT2D eigenvalue weighted by atomic mass is 16.6. The van der Waals surface area contributed by atoms with Crippen LogP contribution in [0.3, 0.4) is 0 Å². The predicted octanol–water partition coefficient (Wildman–Crippen LogP) is 2.42. The van der Waals surface area contributed by atoms with Crippen LogP contribution in [0, 0.1) is 0 Å². The summed E-state index contributed by atoms with van der Waals surface area (Å²) in [6.45, 7) is 1.48. The summed E-state index contributed by atoms with van der Waals surface area (Å²) in [4.78, 5) is 23.8. The van der Waals surface area contributed by atoms with E-state index in [1.165, 1.54) is 6.92 Å². The summed E-state index contributed by atoms with van der Waals surface area (Å²) in [6.07, 6.45) is -1.37. The molecule has 2 aromatic carbocycles. The lowest BCUT2D eigenvalue weighted by molar-refractivity contribution is -0.151. The van der Waals surface area contributed by atoms with E-state index in [4.69, 9.17) is 14.2 Å². The molecule has 0 unspecified atom stereocenters. The number of carbonyl (C=O) groups excluding carboxylic acids is 2. The molecule has 0 saturated carbocycles. The molecule has 0 heterocycles. The number of benzene rings is 2. The van der Waals surface area contributed by atoms with E-state index in [0.717, 1.165) is 11.1 Å². The summed E-state index contributed by atoms with van der Waals surface area (Å²) in [6, 6.07) is 17.8. The van der Waals surface area contributed by atoms with Crippen LogP contribution in [0.1, 0.15) is 18.1 Å². The third kappa shape index (κ3) is 7.77. The maximum atomic E-state index is 12.0. The number of alkyl carbamates (subject to hydrolysis) is 1. The third-order valence-electron chi connectivity index (χ3n) is 3.84. The highest BCUT2D eigenvalue weighted by Crippen LogP contribution is 2.05. The molecule has 0 aromatic heterocycles. The maximum absolute atomic E-state index is 12.0. The Morgan fingerprint density at radius 1 is 0.929 bits per heavy atom. The minimum Gasteiger partial charge on any atom is -0.461 e. The van der Waals surface area contributed by atoms with Crippen molar-refractivity contribution in [1.82, 2.24) is 5.32 Å². The van der Waals surface area contributed by atoms with Crippen molar-refractivity contribution in [3.63, 3.8) is 0 Å². The molecule has 0 saturated heterocycles. The quantitative estimate of drug-likeness (QED) is 0.608. The Morgan fingerprint density at radius 2 is 1.50 bits per heavy atom. The van der Waals surface area contributed by atoms with E-state index in [1.54, 1.807) is 0 Å². The summed E-state index contributed by atoms with van der Waals surface area (Å²) in [7, 11) is 0. The zero-order valence-electron chi connectivity index (χ0n) is 15.7. The van der Waals surface area contributed by atoms with Crippen molar-refractivity contribution in [3.05, 3.63) is 71.8 Å². The predicted molar refractivity (Wildman–Crippen MR) is 102 cm³/mol. The van der Waals surface area contributed by atoms with Crippen LogP contribution in [0.2, 0.25) is 0 Å². The summed E-state index contributed by atoms with van der Waals surface area (Å²) >= 11 is 0. The van der Waals surface area contributed by atoms with Crippen molar-refractivity contribution < 1.29 is 28.9 Å². The number of hydrogen-bond donors (Lipinski definition) is 2. The average Bonchev–Trinajstić information content (AvgIpc) is 2.73. The molecule has 7 heteroatoms. The van der Waals surface area contributed by atoms with Gasteiger partial charge in [-0.05, 0) is 18.1 Å². The normalized spacial score (nSPS) is 12.6. The molecule has 0 aliphatic rings. The summed E-state index contributed by atoms with van der Waals surface area (Å²) in [5.41, 5.74) is 1.79. The fourth-order valence-corrected chi connectivity index (χ4v) is 2.24. The van der Waals surface area contributed by atoms with Crippen LogP contribution in [0.5, 0.6) is 0 Å². The first-order valence-corrected chi connectivity index (χ1v) is 8.98. The van der Waals surface area contributed by atoms with Gasteiger partial charge in [0.1, 0.15) is 25.4 Å². The second-order valence-corrected chi connectivity index (χ2v) is 6.16. The van der Waals surface area contributed by atoms with E-state index >= 15 is 0 Å². The first-order valence-electron chi connectivity index (χ1n) is 8.98. The molecule has 0 fully saturated rings. The summed E-state index contributed by atoms with van der Waals surface area (Å²) in [5, 5.41) is 11.8. The number of aliphatic hydroxyl groups is 1. The Hall–Kier alpha value is -2.90. The van der Waals surface area contributed by atoms with Gasteiger partial charge in [-0.1, -0.05) is 60.7 Å². The Morgan fingerprint density at radius 3 is 2.07 bits per heavy atom. The number of amides is 1. The number of rotatable bonds is 10. The smallest absolute Gasteiger partial charge is 0.408 e. The van der Waals surface area contributed by atoms with Gasteiger partial charge in [-0.15, -0.1) is 0 Å². The highest BCUT2D eigenvalue weighted by molar-refractivity contribution is 5.80. The lowest BCUT2D eigenvalue weighted by atomic mass is 10.2. The molecule has 1 amide bonds. The molecule has 0 bridgehead atoms. The van der Waals surface area contributed by atoms with E-state index < -0.39 is 24.2 Å². The van der Waals surface area contributed by atoms with Crippen LogP contribution in [0.15, 0.2) is 60.7 Å². The monoisotopic (exact) mass is 387 g/mol. The van der Waals surface area contributed by atoms with Crippen LogP contribution in [-0.2, 0) is 32.2 Å². The number of aliphatic hydroxyl groups excluding tert-OH is 1. The summed E-state index contributed by atoms with van der Waals surface area (Å²) in [5.74, 6) is -0.640. The second-order valence-electron chi connectivity index (χ2n) is 6.16. The molecule has 2 N–H and O–H groups in total. The molecule has 0 radical (unpaired) electrons. The molecule has 0 spiro atoms. The van der Waals surface area contributed by atoms with Gasteiger partial charge in [0.25, 0.3) is 0 Å². The van der Waals surface area contributed by atoms with Crippen LogP contribution < -0.4 is 5.32 Å². The minimum atomic E-state index is -0.892. The van der Waals surface area contributed by atoms with Gasteiger partial charge in [0.2, 0.25) is 0 Å². The highest BCUT2D eigenvalue weighted by Gasteiger charge is 2.20. The van der Waals surface area contributed by atoms with Crippen molar-refractivity contribution >= 4 is 12.1 Å². The molecule has 2 aromatic rings. The van der Waals surface area contributed by atoms with Gasteiger partial charge < -0.3 is 24.6 Å². The molecule has 2 atom stereocenters. The Balaban J connectivity index is 1.67. The van der Waals surface area contributed by atoms with Gasteiger partial charge in [0.15, 0.2) is 0 Å². The molecule has 0 aliphatic heterocycles. The van der Waals surface area contributed by atoms with Crippen LogP contribution in [0.25, 0.3) is 0 Å². The number of esters is 1. The maximum Gasteiger partial charge on any atom is 0.408 e. The molecule has 2 rings (SSSR count). The van der Waals surface area contributed by atoms with Crippen LogP contribution in [-0.4, -0.2) is 42.5 Å². The Labute approximate surface area is 164 Å². The Kier molecular flexibility index (Phi) is 8.97. The van der Waals surface area contributed by atoms with Crippen molar-refractivity contribution in [2.45, 2.75) is 32.3 Å². The van der Waals surface area contributed by atoms with E-state index in [2.05, 4.69) is 5.32 Å². The van der Waals surface area contributed by atoms with Crippen LogP contribution >= 0.6 is 0 Å². The molecule has 7 nitrogen and oxygen atoms in total. The van der Waals surface area contributed by atoms with Crippen molar-refractivity contribution in [3.8, 4) is 0 Å². The zero-order chi connectivity index (χ0) is 20.2. The van der Waals surface area contributed by atoms with Gasteiger partial charge in [-0.3, -0.25) is 0 Å². The minimum absolute atomic E-state index is 0.106. The molecule has 0 aliphatic carbocycles. The van der Waals surface area contributed by atoms with E-state index in [1.807, 2.05) is 60.7 Å². The number of ether oxygens (including phenoxy) is 3. The molecule has 28 heavy (non-hydrogen) atoms. The molecular weight excluding hydrogens is 362 g/mol. The topological polar surface area (TPSA) is 94.1 Å². The largest absolute Gasteiger partial charge is 0.461 e. The van der Waals surface area contributed by atoms with E-state index in [-0.39, 0.29) is 19.8 Å². The van der Waals surface area contributed by atoms with Crippen molar-refractivity contribution in [2.24, 2.45) is 0 Å². The van der Waals surface area contributed by atoms with Gasteiger partial charge in [-0.25, -0.2) is 9.59 Å². The lowest BCUT2D eigenvalue weighted by Crippen LogP contribution is -2.41. The Bertz CT molecular complexity index is 722. The first kappa shape index (κ1) is 21.4. The van der Waals surface area contributed by atoms with Gasteiger partial charge in [0, 0.05) is 0 Å². The zero-order valence-corrected chi connectivity index (χ0v) is 15.7. The van der Waals surface area contributed by atoms with Crippen LogP contribution in [0.4, 0.5) is 4.79 Å². The van der Waals surface area contributed by atoms with Crippen molar-refractivity contribution in [2.75, 3.05) is 13.2 Å². The number of nitrogens with one attached hydrogen (secondary N) is 1. The van der Waals surface area contributed by atoms with Gasteiger partial charge >= 0.3 is 12.1 Å². The van der Waals surface area contributed by atoms with Crippen molar-refractivity contribution in [1.29, 1.82) is 0 Å². The number of hydrogen-bond acceptors (Lipinski definition) is 6. The fourth-order valence-electron chi connectivity index (χ4n) is 2.24. The lowest BCUT2D eigenvalue weighted by Gasteiger charge is -2.18. The summed E-state index contributed by atoms with van der Waals surface area (Å²) < 4.78 is 15.7. The number of carbonyl (C=O) groups is 2. The molecule has 150 valence electrons. The van der Waals surface area contributed by atoms with E-state index in [0.29, 0.717) is 6.61 Å². The molecular formula is C21H25NO6. The average molecular weight is 387 g/mol. The second kappa shape index (κ2) is 11.7. The van der Waals surface area contributed by atoms with E-state index in [9.17, 15) is 14.7 Å². The first-order chi connectivity index (χ1) is 13.6. The van der Waals surface area contributed by atoms with Gasteiger partial charge in [-0.2, -0.15) is 0 Å².